The number of aromatic carboxylic acids is 1. The van der Waals surface area contributed by atoms with Gasteiger partial charge in [-0.3, -0.25) is 0 Å². The molecule has 0 aliphatic carbocycles. The van der Waals surface area contributed by atoms with E-state index in [1.54, 1.807) is 6.07 Å². The molecule has 0 spiro atoms. The third-order valence-corrected chi connectivity index (χ3v) is 4.05. The lowest BCUT2D eigenvalue weighted by Gasteiger charge is -2.34. The molecule has 0 atom stereocenters. The van der Waals surface area contributed by atoms with Gasteiger partial charge in [0.15, 0.2) is 0 Å². The Hall–Kier alpha value is -1.03. The topological polar surface area (TPSA) is 40.5 Å². The highest BCUT2D eigenvalue weighted by molar-refractivity contribution is 9.10. The van der Waals surface area contributed by atoms with Crippen LogP contribution >= 0.6 is 15.9 Å². The number of carboxylic acids is 1. The van der Waals surface area contributed by atoms with Crippen molar-refractivity contribution in [1.82, 2.24) is 0 Å². The predicted molar refractivity (Wildman–Crippen MR) is 71.8 cm³/mol. The minimum atomic E-state index is -0.899. The molecule has 17 heavy (non-hydrogen) atoms. The molecule has 4 heteroatoms. The van der Waals surface area contributed by atoms with E-state index in [4.69, 9.17) is 5.11 Å². The summed E-state index contributed by atoms with van der Waals surface area (Å²) in [5.41, 5.74) is 1.56. The summed E-state index contributed by atoms with van der Waals surface area (Å²) in [6.45, 7) is 5.48. The highest BCUT2D eigenvalue weighted by Gasteiger charge is 2.32. The van der Waals surface area contributed by atoms with Crippen molar-refractivity contribution < 1.29 is 9.90 Å². The molecule has 0 unspecified atom stereocenters. The zero-order valence-electron chi connectivity index (χ0n) is 10.0. The lowest BCUT2D eigenvalue weighted by atomic mass is 10.0. The molecule has 1 saturated heterocycles. The molecule has 0 saturated carbocycles. The van der Waals surface area contributed by atoms with Crippen LogP contribution in [0, 0.1) is 0 Å². The number of anilines is 1. The van der Waals surface area contributed by atoms with E-state index >= 15 is 0 Å². The summed E-state index contributed by atoms with van der Waals surface area (Å²) in [6, 6.07) is 5.45. The maximum absolute atomic E-state index is 10.9. The van der Waals surface area contributed by atoms with Gasteiger partial charge in [0.2, 0.25) is 0 Å². The first-order valence-corrected chi connectivity index (χ1v) is 6.51. The van der Waals surface area contributed by atoms with Gasteiger partial charge in [0.25, 0.3) is 0 Å². The second-order valence-corrected chi connectivity index (χ2v) is 5.89. The minimum absolute atomic E-state index is 0.157. The zero-order chi connectivity index (χ0) is 12.6. The molecule has 2 rings (SSSR count). The van der Waals surface area contributed by atoms with Crippen LogP contribution in [-0.2, 0) is 0 Å². The van der Waals surface area contributed by atoms with Crippen molar-refractivity contribution >= 4 is 27.6 Å². The average Bonchev–Trinajstić information content (AvgIpc) is 2.57. The molecule has 0 amide bonds. The lowest BCUT2D eigenvalue weighted by Crippen LogP contribution is -2.38. The molecule has 0 radical (unpaired) electrons. The molecular formula is C13H16BrNO2. The van der Waals surface area contributed by atoms with E-state index < -0.39 is 5.97 Å². The minimum Gasteiger partial charge on any atom is -0.478 e. The predicted octanol–water partition coefficient (Wildman–Crippen LogP) is 3.53. The second-order valence-electron chi connectivity index (χ2n) is 5.04. The number of carboxylic acid groups (broad SMARTS) is 1. The van der Waals surface area contributed by atoms with Crippen LogP contribution in [0.4, 0.5) is 5.69 Å². The van der Waals surface area contributed by atoms with Gasteiger partial charge in [-0.25, -0.2) is 4.79 Å². The molecule has 1 fully saturated rings. The molecule has 0 bridgehead atoms. The maximum atomic E-state index is 10.9. The van der Waals surface area contributed by atoms with Crippen molar-refractivity contribution in [2.75, 3.05) is 11.4 Å². The maximum Gasteiger partial charge on any atom is 0.336 e. The Balaban J connectivity index is 2.35. The van der Waals surface area contributed by atoms with E-state index in [1.165, 1.54) is 12.8 Å². The lowest BCUT2D eigenvalue weighted by molar-refractivity contribution is 0.0696. The summed E-state index contributed by atoms with van der Waals surface area (Å²) in [5.74, 6) is -0.899. The van der Waals surface area contributed by atoms with Crippen LogP contribution in [0.5, 0.6) is 0 Å². The fourth-order valence-electron chi connectivity index (χ4n) is 2.43. The summed E-state index contributed by atoms with van der Waals surface area (Å²) in [6.07, 6.45) is 2.36. The van der Waals surface area contributed by atoms with Crippen molar-refractivity contribution in [2.45, 2.75) is 32.2 Å². The van der Waals surface area contributed by atoms with Crippen molar-refractivity contribution in [3.05, 3.63) is 28.2 Å². The zero-order valence-corrected chi connectivity index (χ0v) is 11.6. The fraction of sp³-hybridized carbons (Fsp3) is 0.462. The van der Waals surface area contributed by atoms with E-state index in [0.29, 0.717) is 10.0 Å². The van der Waals surface area contributed by atoms with Crippen LogP contribution in [0.3, 0.4) is 0 Å². The van der Waals surface area contributed by atoms with E-state index in [2.05, 4.69) is 34.7 Å². The number of rotatable bonds is 2. The first-order chi connectivity index (χ1) is 7.92. The normalized spacial score (nSPS) is 18.4. The summed E-state index contributed by atoms with van der Waals surface area (Å²) in [5, 5.41) is 8.98. The van der Waals surface area contributed by atoms with Crippen LogP contribution in [0.1, 0.15) is 37.0 Å². The van der Waals surface area contributed by atoms with E-state index in [-0.39, 0.29) is 5.54 Å². The molecule has 1 N–H and O–H groups in total. The van der Waals surface area contributed by atoms with Crippen LogP contribution in [0.2, 0.25) is 0 Å². The molecule has 1 aromatic rings. The van der Waals surface area contributed by atoms with Gasteiger partial charge in [-0.1, -0.05) is 0 Å². The van der Waals surface area contributed by atoms with E-state index in [9.17, 15) is 4.79 Å². The van der Waals surface area contributed by atoms with Gasteiger partial charge >= 0.3 is 5.97 Å². The molecule has 3 nitrogen and oxygen atoms in total. The monoisotopic (exact) mass is 297 g/mol. The Bertz CT molecular complexity index is 457. The molecule has 1 aliphatic rings. The van der Waals surface area contributed by atoms with Crippen LogP contribution in [-0.4, -0.2) is 23.2 Å². The third-order valence-electron chi connectivity index (χ3n) is 3.40. The highest BCUT2D eigenvalue weighted by atomic mass is 79.9. The SMILES string of the molecule is CC1(C)CCCN1c1ccc(C(=O)O)c(Br)c1. The summed E-state index contributed by atoms with van der Waals surface area (Å²) < 4.78 is 0.644. The van der Waals surface area contributed by atoms with E-state index in [1.807, 2.05) is 12.1 Å². The third kappa shape index (κ3) is 2.32. The van der Waals surface area contributed by atoms with Gasteiger partial charge in [0.05, 0.1) is 5.56 Å². The number of carbonyl (C=O) groups is 1. The fourth-order valence-corrected chi connectivity index (χ4v) is 2.97. The smallest absolute Gasteiger partial charge is 0.336 e. The van der Waals surface area contributed by atoms with Crippen molar-refractivity contribution in [1.29, 1.82) is 0 Å². The van der Waals surface area contributed by atoms with Gasteiger partial charge < -0.3 is 10.0 Å². The van der Waals surface area contributed by atoms with Gasteiger partial charge in [0.1, 0.15) is 0 Å². The van der Waals surface area contributed by atoms with Crippen LogP contribution < -0.4 is 4.90 Å². The largest absolute Gasteiger partial charge is 0.478 e. The van der Waals surface area contributed by atoms with Crippen molar-refractivity contribution in [2.24, 2.45) is 0 Å². The van der Waals surface area contributed by atoms with E-state index in [0.717, 1.165) is 12.2 Å². The Morgan fingerprint density at radius 3 is 2.65 bits per heavy atom. The average molecular weight is 298 g/mol. The first kappa shape index (κ1) is 12.4. The summed E-state index contributed by atoms with van der Waals surface area (Å²) in [7, 11) is 0. The van der Waals surface area contributed by atoms with Gasteiger partial charge in [-0.05, 0) is 60.8 Å². The molecule has 1 heterocycles. The first-order valence-electron chi connectivity index (χ1n) is 5.72. The summed E-state index contributed by atoms with van der Waals surface area (Å²) in [4.78, 5) is 13.3. The van der Waals surface area contributed by atoms with Gasteiger partial charge in [-0.2, -0.15) is 0 Å². The Labute approximate surface area is 110 Å². The number of hydrogen-bond donors (Lipinski definition) is 1. The number of nitrogens with zero attached hydrogens (tertiary/aromatic N) is 1. The van der Waals surface area contributed by atoms with Gasteiger partial charge in [0, 0.05) is 22.2 Å². The van der Waals surface area contributed by atoms with Crippen LogP contribution in [0.15, 0.2) is 22.7 Å². The summed E-state index contributed by atoms with van der Waals surface area (Å²) >= 11 is 3.32. The van der Waals surface area contributed by atoms with Crippen molar-refractivity contribution in [3.63, 3.8) is 0 Å². The number of benzene rings is 1. The highest BCUT2D eigenvalue weighted by Crippen LogP contribution is 2.35. The van der Waals surface area contributed by atoms with Gasteiger partial charge in [-0.15, -0.1) is 0 Å². The Morgan fingerprint density at radius 2 is 2.18 bits per heavy atom. The molecule has 1 aromatic carbocycles. The van der Waals surface area contributed by atoms with Crippen LogP contribution in [0.25, 0.3) is 0 Å². The Kier molecular flexibility index (Phi) is 3.17. The molecule has 1 aliphatic heterocycles. The number of hydrogen-bond acceptors (Lipinski definition) is 2. The standard InChI is InChI=1S/C13H16BrNO2/c1-13(2)6-3-7-15(13)9-4-5-10(12(16)17)11(14)8-9/h4-5,8H,3,6-7H2,1-2H3,(H,16,17). The molecule has 0 aromatic heterocycles. The second kappa shape index (κ2) is 4.33. The quantitative estimate of drug-likeness (QED) is 0.908. The molecule has 92 valence electrons. The Morgan fingerprint density at radius 1 is 1.47 bits per heavy atom. The molecular weight excluding hydrogens is 282 g/mol. The number of halogens is 1. The van der Waals surface area contributed by atoms with Crippen molar-refractivity contribution in [3.8, 4) is 0 Å².